The topological polar surface area (TPSA) is 9.23 Å². The summed E-state index contributed by atoms with van der Waals surface area (Å²) in [6.07, 6.45) is 1.71. The zero-order chi connectivity index (χ0) is 8.10. The first-order chi connectivity index (χ1) is 5.34. The van der Waals surface area contributed by atoms with Crippen LogP contribution in [-0.4, -0.2) is 6.61 Å². The van der Waals surface area contributed by atoms with Crippen LogP contribution < -0.4 is 4.74 Å². The number of benzene rings is 1. The van der Waals surface area contributed by atoms with Crippen molar-refractivity contribution in [3.8, 4) is 5.75 Å². The fraction of sp³-hybridized carbons (Fsp3) is 0.111. The van der Waals surface area contributed by atoms with Crippen LogP contribution in [0.15, 0.2) is 41.8 Å². The summed E-state index contributed by atoms with van der Waals surface area (Å²) in [6.45, 7) is 4.08. The minimum atomic E-state index is 0.525. The smallest absolute Gasteiger partial charge is 0.133 e. The third kappa shape index (κ3) is 2.31. The van der Waals surface area contributed by atoms with E-state index in [0.717, 1.165) is 10.6 Å². The van der Waals surface area contributed by atoms with E-state index in [1.165, 1.54) is 0 Å². The molecule has 0 aliphatic carbocycles. The van der Waals surface area contributed by atoms with Crippen LogP contribution in [0.25, 0.3) is 0 Å². The third-order valence-electron chi connectivity index (χ3n) is 1.22. The van der Waals surface area contributed by atoms with Gasteiger partial charge in [0.2, 0.25) is 0 Å². The highest BCUT2D eigenvalue weighted by molar-refractivity contribution is 7.80. The molecule has 0 radical (unpaired) electrons. The van der Waals surface area contributed by atoms with Crippen LogP contribution in [0.1, 0.15) is 0 Å². The number of rotatable bonds is 3. The highest BCUT2D eigenvalue weighted by atomic mass is 32.1. The predicted octanol–water partition coefficient (Wildman–Crippen LogP) is 2.54. The van der Waals surface area contributed by atoms with E-state index in [0.29, 0.717) is 6.61 Å². The molecule has 58 valence electrons. The lowest BCUT2D eigenvalue weighted by Crippen LogP contribution is -1.92. The Hall–Kier alpha value is -0.890. The Kier molecular flexibility index (Phi) is 3.05. The molecule has 0 unspecified atom stereocenters. The van der Waals surface area contributed by atoms with Crippen molar-refractivity contribution in [2.75, 3.05) is 6.61 Å². The van der Waals surface area contributed by atoms with Gasteiger partial charge in [0.1, 0.15) is 12.4 Å². The number of hydrogen-bond acceptors (Lipinski definition) is 2. The molecule has 0 fully saturated rings. The number of thiol groups is 1. The summed E-state index contributed by atoms with van der Waals surface area (Å²) in [4.78, 5) is 0.856. The van der Waals surface area contributed by atoms with Gasteiger partial charge >= 0.3 is 0 Å². The maximum atomic E-state index is 5.29. The van der Waals surface area contributed by atoms with Crippen molar-refractivity contribution in [3.63, 3.8) is 0 Å². The Bertz CT molecular complexity index is 245. The second-order valence-electron chi connectivity index (χ2n) is 2.07. The molecule has 1 rings (SSSR count). The standard InChI is InChI=1S/C9H10OS/c1-2-7-10-8-5-3-4-6-9(8)11/h2-6,11H,1,7H2. The average Bonchev–Trinajstić information content (AvgIpc) is 2.03. The van der Waals surface area contributed by atoms with Crippen LogP contribution in [0.3, 0.4) is 0 Å². The lowest BCUT2D eigenvalue weighted by atomic mass is 10.3. The van der Waals surface area contributed by atoms with E-state index in [9.17, 15) is 0 Å². The molecule has 0 amide bonds. The molecular weight excluding hydrogens is 156 g/mol. The van der Waals surface area contributed by atoms with E-state index in [1.54, 1.807) is 6.08 Å². The molecule has 1 aromatic carbocycles. The summed E-state index contributed by atoms with van der Waals surface area (Å²) >= 11 is 4.21. The molecule has 2 heteroatoms. The summed E-state index contributed by atoms with van der Waals surface area (Å²) in [6, 6.07) is 7.61. The minimum absolute atomic E-state index is 0.525. The molecule has 0 saturated heterocycles. The highest BCUT2D eigenvalue weighted by Crippen LogP contribution is 2.20. The van der Waals surface area contributed by atoms with Gasteiger partial charge in [-0.1, -0.05) is 24.8 Å². The van der Waals surface area contributed by atoms with E-state index < -0.39 is 0 Å². The Labute approximate surface area is 72.1 Å². The van der Waals surface area contributed by atoms with Crippen LogP contribution in [0.5, 0.6) is 5.75 Å². The van der Waals surface area contributed by atoms with Crippen LogP contribution in [0.2, 0.25) is 0 Å². The SMILES string of the molecule is C=CCOc1ccccc1S. The van der Waals surface area contributed by atoms with Crippen molar-refractivity contribution < 1.29 is 4.74 Å². The molecule has 0 bridgehead atoms. The van der Waals surface area contributed by atoms with Gasteiger partial charge in [-0.15, -0.1) is 12.6 Å². The van der Waals surface area contributed by atoms with Crippen molar-refractivity contribution in [3.05, 3.63) is 36.9 Å². The second-order valence-corrected chi connectivity index (χ2v) is 2.55. The molecule has 0 aliphatic rings. The van der Waals surface area contributed by atoms with Gasteiger partial charge in [-0.05, 0) is 12.1 Å². The van der Waals surface area contributed by atoms with Gasteiger partial charge in [-0.2, -0.15) is 0 Å². The van der Waals surface area contributed by atoms with Crippen LogP contribution in [-0.2, 0) is 0 Å². The maximum Gasteiger partial charge on any atom is 0.133 e. The monoisotopic (exact) mass is 166 g/mol. The molecular formula is C9H10OS. The van der Waals surface area contributed by atoms with Crippen molar-refractivity contribution in [1.82, 2.24) is 0 Å². The summed E-state index contributed by atoms with van der Waals surface area (Å²) in [7, 11) is 0. The third-order valence-corrected chi connectivity index (χ3v) is 1.59. The molecule has 0 saturated carbocycles. The predicted molar refractivity (Wildman–Crippen MR) is 49.4 cm³/mol. The van der Waals surface area contributed by atoms with Crippen LogP contribution in [0.4, 0.5) is 0 Å². The van der Waals surface area contributed by atoms with E-state index in [1.807, 2.05) is 24.3 Å². The second kappa shape index (κ2) is 4.09. The van der Waals surface area contributed by atoms with Gasteiger partial charge in [0, 0.05) is 4.90 Å². The van der Waals surface area contributed by atoms with Gasteiger partial charge in [0.05, 0.1) is 0 Å². The van der Waals surface area contributed by atoms with E-state index in [4.69, 9.17) is 4.74 Å². The molecule has 1 aromatic rings. The zero-order valence-corrected chi connectivity index (χ0v) is 7.05. The molecule has 0 atom stereocenters. The lowest BCUT2D eigenvalue weighted by molar-refractivity contribution is 0.355. The van der Waals surface area contributed by atoms with Gasteiger partial charge in [-0.25, -0.2) is 0 Å². The van der Waals surface area contributed by atoms with E-state index in [-0.39, 0.29) is 0 Å². The van der Waals surface area contributed by atoms with Crippen LogP contribution in [0, 0.1) is 0 Å². The molecule has 1 nitrogen and oxygen atoms in total. The molecule has 0 heterocycles. The van der Waals surface area contributed by atoms with Gasteiger partial charge < -0.3 is 4.74 Å². The Morgan fingerprint density at radius 2 is 2.18 bits per heavy atom. The normalized spacial score (nSPS) is 9.18. The van der Waals surface area contributed by atoms with Crippen molar-refractivity contribution >= 4 is 12.6 Å². The molecule has 0 aromatic heterocycles. The van der Waals surface area contributed by atoms with Gasteiger partial charge in [0.25, 0.3) is 0 Å². The molecule has 0 aliphatic heterocycles. The lowest BCUT2D eigenvalue weighted by Gasteiger charge is -2.04. The summed E-state index contributed by atoms with van der Waals surface area (Å²) in [5.74, 6) is 0.802. The van der Waals surface area contributed by atoms with E-state index >= 15 is 0 Å². The first-order valence-corrected chi connectivity index (χ1v) is 3.81. The number of hydrogen-bond donors (Lipinski definition) is 1. The minimum Gasteiger partial charge on any atom is -0.488 e. The summed E-state index contributed by atoms with van der Waals surface area (Å²) < 4.78 is 5.29. The van der Waals surface area contributed by atoms with Gasteiger partial charge in [-0.3, -0.25) is 0 Å². The highest BCUT2D eigenvalue weighted by Gasteiger charge is 1.94. The summed E-state index contributed by atoms with van der Waals surface area (Å²) in [5.41, 5.74) is 0. The molecule has 0 spiro atoms. The number of ether oxygens (including phenoxy) is 1. The first-order valence-electron chi connectivity index (χ1n) is 3.36. The fourth-order valence-electron chi connectivity index (χ4n) is 0.728. The first kappa shape index (κ1) is 8.21. The van der Waals surface area contributed by atoms with Crippen molar-refractivity contribution in [2.45, 2.75) is 4.90 Å². The Balaban J connectivity index is 2.69. The fourth-order valence-corrected chi connectivity index (χ4v) is 0.953. The van der Waals surface area contributed by atoms with Gasteiger partial charge in [0.15, 0.2) is 0 Å². The van der Waals surface area contributed by atoms with Crippen molar-refractivity contribution in [1.29, 1.82) is 0 Å². The van der Waals surface area contributed by atoms with Crippen molar-refractivity contribution in [2.24, 2.45) is 0 Å². The Morgan fingerprint density at radius 1 is 1.45 bits per heavy atom. The summed E-state index contributed by atoms with van der Waals surface area (Å²) in [5, 5.41) is 0. The molecule has 0 N–H and O–H groups in total. The molecule has 11 heavy (non-hydrogen) atoms. The number of para-hydroxylation sites is 1. The van der Waals surface area contributed by atoms with Crippen LogP contribution >= 0.6 is 12.6 Å². The van der Waals surface area contributed by atoms with E-state index in [2.05, 4.69) is 19.2 Å². The largest absolute Gasteiger partial charge is 0.488 e. The zero-order valence-electron chi connectivity index (χ0n) is 6.16. The average molecular weight is 166 g/mol. The quantitative estimate of drug-likeness (QED) is 0.536. The Morgan fingerprint density at radius 3 is 2.82 bits per heavy atom. The maximum absolute atomic E-state index is 5.29.